The fraction of sp³-hybridized carbons (Fsp3) is 0.350. The Morgan fingerprint density at radius 3 is 2.19 bits per heavy atom. The van der Waals surface area contributed by atoms with Crippen LogP contribution in [0.1, 0.15) is 18.5 Å². The third-order valence-electron chi connectivity index (χ3n) is 4.11. The van der Waals surface area contributed by atoms with Crippen molar-refractivity contribution in [1.82, 2.24) is 5.32 Å². The lowest BCUT2D eigenvalue weighted by atomic mass is 10.1. The smallest absolute Gasteiger partial charge is 0.171 e. The highest BCUT2D eigenvalue weighted by Crippen LogP contribution is 2.17. The van der Waals surface area contributed by atoms with E-state index in [0.29, 0.717) is 11.7 Å². The van der Waals surface area contributed by atoms with Crippen LogP contribution in [-0.2, 0) is 0 Å². The summed E-state index contributed by atoms with van der Waals surface area (Å²) >= 11 is 5.43. The van der Waals surface area contributed by atoms with Crippen LogP contribution >= 0.6 is 12.2 Å². The van der Waals surface area contributed by atoms with Gasteiger partial charge in [0.05, 0.1) is 34.4 Å². The monoisotopic (exact) mass is 374 g/mol. The molecule has 6 heteroatoms. The summed E-state index contributed by atoms with van der Waals surface area (Å²) in [5.74, 6) is 1.72. The predicted molar refractivity (Wildman–Crippen MR) is 110 cm³/mol. The summed E-state index contributed by atoms with van der Waals surface area (Å²) in [6, 6.07) is 16.2. The van der Waals surface area contributed by atoms with Gasteiger partial charge in [-0.25, -0.2) is 0 Å². The molecule has 0 saturated carbocycles. The summed E-state index contributed by atoms with van der Waals surface area (Å²) < 4.78 is 10.7. The third-order valence-corrected chi connectivity index (χ3v) is 4.35. The molecule has 0 unspecified atom stereocenters. The summed E-state index contributed by atoms with van der Waals surface area (Å²) in [4.78, 5) is 1.33. The van der Waals surface area contributed by atoms with Crippen molar-refractivity contribution in [3.63, 3.8) is 0 Å². The second kappa shape index (κ2) is 9.99. The van der Waals surface area contributed by atoms with Gasteiger partial charge in [-0.05, 0) is 67.7 Å². The minimum atomic E-state index is 0.279. The number of thiocarbonyl (C=S) groups is 1. The van der Waals surface area contributed by atoms with Crippen LogP contribution in [0.5, 0.6) is 11.5 Å². The molecule has 0 bridgehead atoms. The van der Waals surface area contributed by atoms with Crippen molar-refractivity contribution in [3.8, 4) is 11.5 Å². The Balaban J connectivity index is 1.92. The molecular weight excluding hydrogens is 346 g/mol. The molecule has 0 spiro atoms. The van der Waals surface area contributed by atoms with Gasteiger partial charge in [-0.3, -0.25) is 0 Å². The van der Waals surface area contributed by atoms with E-state index in [2.05, 4.69) is 36.9 Å². The number of quaternary nitrogens is 1. The number of nitrogens with one attached hydrogen (secondary N) is 3. The summed E-state index contributed by atoms with van der Waals surface area (Å²) in [5.41, 5.74) is 2.17. The second-order valence-corrected chi connectivity index (χ2v) is 6.60. The second-order valence-electron chi connectivity index (χ2n) is 6.20. The molecule has 0 heterocycles. The van der Waals surface area contributed by atoms with Gasteiger partial charge in [0.2, 0.25) is 0 Å². The van der Waals surface area contributed by atoms with Gasteiger partial charge in [0.1, 0.15) is 17.5 Å². The van der Waals surface area contributed by atoms with Gasteiger partial charge in [0, 0.05) is 11.3 Å². The van der Waals surface area contributed by atoms with Crippen LogP contribution in [0.15, 0.2) is 48.5 Å². The van der Waals surface area contributed by atoms with E-state index < -0.39 is 0 Å². The zero-order chi connectivity index (χ0) is 18.9. The summed E-state index contributed by atoms with van der Waals surface area (Å²) in [5, 5.41) is 7.13. The molecular formula is C20H28N3O2S+. The van der Waals surface area contributed by atoms with Gasteiger partial charge in [-0.2, -0.15) is 0 Å². The van der Waals surface area contributed by atoms with Crippen molar-refractivity contribution in [1.29, 1.82) is 0 Å². The lowest BCUT2D eigenvalue weighted by Gasteiger charge is -2.23. The predicted octanol–water partition coefficient (Wildman–Crippen LogP) is 2.27. The van der Waals surface area contributed by atoms with Crippen molar-refractivity contribution in [2.75, 3.05) is 39.7 Å². The van der Waals surface area contributed by atoms with E-state index in [9.17, 15) is 0 Å². The molecule has 0 radical (unpaired) electrons. The van der Waals surface area contributed by atoms with E-state index >= 15 is 0 Å². The Labute approximate surface area is 161 Å². The van der Waals surface area contributed by atoms with Gasteiger partial charge >= 0.3 is 0 Å². The number of hydrogen-bond acceptors (Lipinski definition) is 3. The number of ether oxygens (including phenoxy) is 2. The van der Waals surface area contributed by atoms with Crippen LogP contribution in [0, 0.1) is 0 Å². The number of likely N-dealkylation sites (N-methyl/N-ethyl adjacent to an activating group) is 1. The molecule has 0 amide bonds. The molecule has 1 atom stereocenters. The zero-order valence-electron chi connectivity index (χ0n) is 15.8. The van der Waals surface area contributed by atoms with Crippen molar-refractivity contribution >= 4 is 23.0 Å². The molecule has 0 aliphatic heterocycles. The zero-order valence-corrected chi connectivity index (χ0v) is 16.7. The summed E-state index contributed by atoms with van der Waals surface area (Å²) in [7, 11) is 5.95. The van der Waals surface area contributed by atoms with Crippen LogP contribution < -0.4 is 25.0 Å². The van der Waals surface area contributed by atoms with Gasteiger partial charge in [-0.15, -0.1) is 0 Å². The highest BCUT2D eigenvalue weighted by atomic mass is 32.1. The van der Waals surface area contributed by atoms with E-state index in [4.69, 9.17) is 21.7 Å². The number of anilines is 1. The average Bonchev–Trinajstić information content (AvgIpc) is 2.64. The van der Waals surface area contributed by atoms with Crippen molar-refractivity contribution in [3.05, 3.63) is 54.1 Å². The lowest BCUT2D eigenvalue weighted by Crippen LogP contribution is -3.07. The molecule has 0 aromatic heterocycles. The Kier molecular flexibility index (Phi) is 7.69. The number of rotatable bonds is 8. The normalized spacial score (nSPS) is 11.7. The standard InChI is InChI=1S/C20H27N3O2S/c1-5-25-18-12-8-16(9-13-18)22-20(26)21-14-19(23(2)3)15-6-10-17(24-4)11-7-15/h6-13,19H,5,14H2,1-4H3,(H2,21,22,26)/p+1/t19-/m1/s1. The molecule has 3 N–H and O–H groups in total. The first-order valence-corrected chi connectivity index (χ1v) is 9.16. The van der Waals surface area contributed by atoms with Crippen LogP contribution in [0.3, 0.4) is 0 Å². The van der Waals surface area contributed by atoms with E-state index in [1.807, 2.05) is 43.3 Å². The molecule has 2 aromatic carbocycles. The van der Waals surface area contributed by atoms with E-state index in [1.165, 1.54) is 10.5 Å². The van der Waals surface area contributed by atoms with Crippen LogP contribution in [-0.4, -0.2) is 39.5 Å². The van der Waals surface area contributed by atoms with Gasteiger partial charge in [0.15, 0.2) is 5.11 Å². The first-order valence-electron chi connectivity index (χ1n) is 8.75. The molecule has 140 valence electrons. The van der Waals surface area contributed by atoms with E-state index in [1.54, 1.807) is 7.11 Å². The first-order chi connectivity index (χ1) is 12.5. The topological polar surface area (TPSA) is 47.0 Å². The highest BCUT2D eigenvalue weighted by molar-refractivity contribution is 7.80. The molecule has 0 aliphatic rings. The van der Waals surface area contributed by atoms with Gasteiger partial charge in [0.25, 0.3) is 0 Å². The minimum Gasteiger partial charge on any atom is -0.497 e. The molecule has 2 aromatic rings. The average molecular weight is 375 g/mol. The van der Waals surface area contributed by atoms with E-state index in [-0.39, 0.29) is 6.04 Å². The van der Waals surface area contributed by atoms with Crippen LogP contribution in [0.2, 0.25) is 0 Å². The van der Waals surface area contributed by atoms with Gasteiger partial charge < -0.3 is 25.0 Å². The Hall–Kier alpha value is -2.31. The number of methoxy groups -OCH3 is 1. The molecule has 26 heavy (non-hydrogen) atoms. The first kappa shape index (κ1) is 20.0. The van der Waals surface area contributed by atoms with Crippen molar-refractivity contribution in [2.24, 2.45) is 0 Å². The maximum atomic E-state index is 5.45. The number of benzene rings is 2. The third kappa shape index (κ3) is 5.89. The van der Waals surface area contributed by atoms with Gasteiger partial charge in [-0.1, -0.05) is 0 Å². The quantitative estimate of drug-likeness (QED) is 0.619. The summed E-state index contributed by atoms with van der Waals surface area (Å²) in [6.45, 7) is 3.36. The lowest BCUT2D eigenvalue weighted by molar-refractivity contribution is -0.890. The van der Waals surface area contributed by atoms with E-state index in [0.717, 1.165) is 23.7 Å². The molecule has 5 nitrogen and oxygen atoms in total. The molecule has 0 aliphatic carbocycles. The minimum absolute atomic E-state index is 0.279. The van der Waals surface area contributed by atoms with Crippen LogP contribution in [0.4, 0.5) is 5.69 Å². The van der Waals surface area contributed by atoms with Crippen molar-refractivity contribution < 1.29 is 14.4 Å². The van der Waals surface area contributed by atoms with Crippen LogP contribution in [0.25, 0.3) is 0 Å². The molecule has 2 rings (SSSR count). The highest BCUT2D eigenvalue weighted by Gasteiger charge is 2.18. The Bertz CT molecular complexity index is 687. The Morgan fingerprint density at radius 2 is 1.65 bits per heavy atom. The maximum Gasteiger partial charge on any atom is 0.171 e. The SMILES string of the molecule is CCOc1ccc(NC(=S)NC[C@H](c2ccc(OC)cc2)[NH+](C)C)cc1. The molecule has 0 saturated heterocycles. The molecule has 0 fully saturated rings. The van der Waals surface area contributed by atoms with Crippen molar-refractivity contribution in [2.45, 2.75) is 13.0 Å². The number of hydrogen-bond donors (Lipinski definition) is 3. The largest absolute Gasteiger partial charge is 0.497 e. The fourth-order valence-corrected chi connectivity index (χ4v) is 2.86. The Morgan fingerprint density at radius 1 is 1.04 bits per heavy atom. The summed E-state index contributed by atoms with van der Waals surface area (Å²) in [6.07, 6.45) is 0. The fourth-order valence-electron chi connectivity index (χ4n) is 2.66. The maximum absolute atomic E-state index is 5.45.